The minimum atomic E-state index is -0.642. The molecule has 0 saturated carbocycles. The lowest BCUT2D eigenvalue weighted by atomic mass is 9.83. The molecule has 0 radical (unpaired) electrons. The van der Waals surface area contributed by atoms with Gasteiger partial charge in [-0.25, -0.2) is 9.78 Å². The van der Waals surface area contributed by atoms with Gasteiger partial charge in [0, 0.05) is 40.9 Å². The van der Waals surface area contributed by atoms with E-state index in [1.165, 1.54) is 11.3 Å². The molecular formula is C26H26N2O5S. The zero-order valence-corrected chi connectivity index (χ0v) is 20.6. The summed E-state index contributed by atoms with van der Waals surface area (Å²) < 4.78 is 15.8. The molecule has 7 nitrogen and oxygen atoms in total. The molecule has 0 aliphatic carbocycles. The van der Waals surface area contributed by atoms with Crippen molar-refractivity contribution in [3.05, 3.63) is 70.9 Å². The predicted octanol–water partition coefficient (Wildman–Crippen LogP) is 4.86. The molecule has 0 saturated heterocycles. The van der Waals surface area contributed by atoms with Crippen molar-refractivity contribution in [2.24, 2.45) is 0 Å². The van der Waals surface area contributed by atoms with Crippen molar-refractivity contribution in [3.63, 3.8) is 0 Å². The van der Waals surface area contributed by atoms with Gasteiger partial charge in [-0.1, -0.05) is 32.0 Å². The van der Waals surface area contributed by atoms with Crippen LogP contribution in [-0.2, 0) is 14.9 Å². The molecule has 0 atom stereocenters. The normalized spacial score (nSPS) is 15.2. The van der Waals surface area contributed by atoms with Crippen molar-refractivity contribution >= 4 is 28.8 Å². The first-order valence-corrected chi connectivity index (χ1v) is 11.6. The first kappa shape index (κ1) is 23.5. The summed E-state index contributed by atoms with van der Waals surface area (Å²) in [6, 6.07) is 13.5. The summed E-state index contributed by atoms with van der Waals surface area (Å²) in [5.74, 6) is 0.248. The van der Waals surface area contributed by atoms with Gasteiger partial charge in [-0.15, -0.1) is 11.3 Å². The number of ether oxygens (including phenoxy) is 3. The van der Waals surface area contributed by atoms with Crippen LogP contribution >= 0.6 is 11.3 Å². The summed E-state index contributed by atoms with van der Waals surface area (Å²) in [6.07, 6.45) is 1.56. The topological polar surface area (TPSA) is 78.0 Å². The first-order valence-electron chi connectivity index (χ1n) is 10.7. The number of esters is 1. The summed E-state index contributed by atoms with van der Waals surface area (Å²) in [4.78, 5) is 31.5. The largest absolute Gasteiger partial charge is 0.493 e. The lowest BCUT2D eigenvalue weighted by Gasteiger charge is -2.23. The van der Waals surface area contributed by atoms with Crippen LogP contribution in [0, 0.1) is 0 Å². The lowest BCUT2D eigenvalue weighted by Crippen LogP contribution is -2.25. The van der Waals surface area contributed by atoms with Crippen molar-refractivity contribution in [1.82, 2.24) is 4.98 Å². The van der Waals surface area contributed by atoms with Gasteiger partial charge < -0.3 is 19.1 Å². The number of fused-ring (bicyclic) bond motifs is 1. The van der Waals surface area contributed by atoms with Gasteiger partial charge in [-0.3, -0.25) is 4.79 Å². The number of carbonyl (C=O) groups is 2. The van der Waals surface area contributed by atoms with Gasteiger partial charge in [0.15, 0.2) is 29.6 Å². The van der Waals surface area contributed by atoms with Gasteiger partial charge in [0.1, 0.15) is 5.01 Å². The van der Waals surface area contributed by atoms with Crippen LogP contribution < -0.4 is 14.4 Å². The van der Waals surface area contributed by atoms with Crippen LogP contribution in [0.5, 0.6) is 11.5 Å². The van der Waals surface area contributed by atoms with E-state index < -0.39 is 5.97 Å². The van der Waals surface area contributed by atoms with Crippen LogP contribution in [0.1, 0.15) is 29.9 Å². The molecule has 0 unspecified atom stereocenters. The molecule has 8 heteroatoms. The number of hydrogen-bond acceptors (Lipinski definition) is 8. The number of carbonyl (C=O) groups excluding carboxylic acids is 2. The summed E-state index contributed by atoms with van der Waals surface area (Å²) in [6.45, 7) is 3.79. The summed E-state index contributed by atoms with van der Waals surface area (Å²) in [5.41, 5.74) is 3.69. The zero-order valence-electron chi connectivity index (χ0n) is 19.7. The third-order valence-electron chi connectivity index (χ3n) is 5.93. The van der Waals surface area contributed by atoms with E-state index in [4.69, 9.17) is 14.2 Å². The SMILES string of the molecule is COc1ccc(-c2nc(C(=O)OCC(=O)C=C3N(C)c4ccccc4C3(C)C)cs2)cc1OC. The van der Waals surface area contributed by atoms with Gasteiger partial charge in [0.05, 0.1) is 14.2 Å². The van der Waals surface area contributed by atoms with Gasteiger partial charge >= 0.3 is 5.97 Å². The number of anilines is 1. The van der Waals surface area contributed by atoms with E-state index in [0.29, 0.717) is 16.5 Å². The van der Waals surface area contributed by atoms with Crippen molar-refractivity contribution in [3.8, 4) is 22.1 Å². The predicted molar refractivity (Wildman–Crippen MR) is 132 cm³/mol. The van der Waals surface area contributed by atoms with Crippen molar-refractivity contribution in [2.45, 2.75) is 19.3 Å². The lowest BCUT2D eigenvalue weighted by molar-refractivity contribution is -0.117. The number of para-hydroxylation sites is 1. The second-order valence-corrected chi connectivity index (χ2v) is 9.24. The number of aromatic nitrogens is 1. The van der Waals surface area contributed by atoms with Gasteiger partial charge in [0.2, 0.25) is 0 Å². The fourth-order valence-corrected chi connectivity index (χ4v) is 4.92. The molecule has 1 aliphatic rings. The molecular weight excluding hydrogens is 452 g/mol. The van der Waals surface area contributed by atoms with E-state index in [1.54, 1.807) is 37.8 Å². The number of methoxy groups -OCH3 is 2. The number of rotatable bonds is 7. The molecule has 0 spiro atoms. The molecule has 34 heavy (non-hydrogen) atoms. The highest BCUT2D eigenvalue weighted by Gasteiger charge is 2.38. The third-order valence-corrected chi connectivity index (χ3v) is 6.82. The highest BCUT2D eigenvalue weighted by molar-refractivity contribution is 7.13. The number of ketones is 1. The van der Waals surface area contributed by atoms with Crippen molar-refractivity contribution in [1.29, 1.82) is 0 Å². The summed E-state index contributed by atoms with van der Waals surface area (Å²) >= 11 is 1.31. The minimum Gasteiger partial charge on any atom is -0.493 e. The van der Waals surface area contributed by atoms with E-state index >= 15 is 0 Å². The number of benzene rings is 2. The van der Waals surface area contributed by atoms with Crippen LogP contribution in [0.4, 0.5) is 5.69 Å². The Morgan fingerprint density at radius 3 is 2.53 bits per heavy atom. The molecule has 2 aromatic carbocycles. The maximum absolute atomic E-state index is 12.7. The quantitative estimate of drug-likeness (QED) is 0.354. The Labute approximate surface area is 202 Å². The van der Waals surface area contributed by atoms with E-state index in [0.717, 1.165) is 22.5 Å². The Morgan fingerprint density at radius 1 is 1.09 bits per heavy atom. The monoisotopic (exact) mass is 478 g/mol. The maximum atomic E-state index is 12.7. The molecule has 1 aromatic heterocycles. The Balaban J connectivity index is 1.43. The average molecular weight is 479 g/mol. The van der Waals surface area contributed by atoms with Crippen LogP contribution in [0.15, 0.2) is 59.6 Å². The second-order valence-electron chi connectivity index (χ2n) is 8.38. The van der Waals surface area contributed by atoms with Crippen LogP contribution in [0.25, 0.3) is 10.6 Å². The molecule has 176 valence electrons. The summed E-state index contributed by atoms with van der Waals surface area (Å²) in [5, 5.41) is 2.25. The third kappa shape index (κ3) is 4.28. The van der Waals surface area contributed by atoms with Crippen molar-refractivity contribution < 1.29 is 23.8 Å². The molecule has 3 aromatic rings. The fourth-order valence-electron chi connectivity index (χ4n) is 4.13. The maximum Gasteiger partial charge on any atom is 0.358 e. The van der Waals surface area contributed by atoms with E-state index in [1.807, 2.05) is 36.2 Å². The molecule has 1 aliphatic heterocycles. The van der Waals surface area contributed by atoms with Gasteiger partial charge in [0.25, 0.3) is 0 Å². The van der Waals surface area contributed by atoms with E-state index in [9.17, 15) is 9.59 Å². The van der Waals surface area contributed by atoms with E-state index in [-0.39, 0.29) is 23.5 Å². The second kappa shape index (κ2) is 9.30. The number of allylic oxidation sites excluding steroid dienone is 1. The standard InChI is InChI=1S/C26H26N2O5S/c1-26(2)18-8-6-7-9-20(18)28(3)23(26)13-17(29)14-33-25(30)19-15-34-24(27-19)16-10-11-21(31-4)22(12-16)32-5/h6-13,15H,14H2,1-5H3. The first-order chi connectivity index (χ1) is 16.3. The number of thiazole rings is 1. The Hall–Kier alpha value is -3.65. The molecule has 0 N–H and O–H groups in total. The highest BCUT2D eigenvalue weighted by atomic mass is 32.1. The van der Waals surface area contributed by atoms with Crippen LogP contribution in [0.3, 0.4) is 0 Å². The van der Waals surface area contributed by atoms with Crippen molar-refractivity contribution in [2.75, 3.05) is 32.8 Å². The molecule has 2 heterocycles. The molecule has 0 fully saturated rings. The Kier molecular flexibility index (Phi) is 6.43. The number of hydrogen-bond donors (Lipinski definition) is 0. The smallest absolute Gasteiger partial charge is 0.358 e. The Bertz CT molecular complexity index is 1280. The number of likely N-dealkylation sites (N-methyl/N-ethyl adjacent to an activating group) is 1. The minimum absolute atomic E-state index is 0.154. The zero-order chi connectivity index (χ0) is 24.5. The molecule has 0 bridgehead atoms. The van der Waals surface area contributed by atoms with Crippen LogP contribution in [0.2, 0.25) is 0 Å². The van der Waals surface area contributed by atoms with Gasteiger partial charge in [-0.2, -0.15) is 0 Å². The van der Waals surface area contributed by atoms with Crippen LogP contribution in [-0.4, -0.2) is 44.6 Å². The highest BCUT2D eigenvalue weighted by Crippen LogP contribution is 2.46. The fraction of sp³-hybridized carbons (Fsp3) is 0.269. The van der Waals surface area contributed by atoms with E-state index in [2.05, 4.69) is 24.9 Å². The molecule has 4 rings (SSSR count). The number of nitrogens with zero attached hydrogens (tertiary/aromatic N) is 2. The Morgan fingerprint density at radius 2 is 1.82 bits per heavy atom. The average Bonchev–Trinajstić information content (AvgIpc) is 3.41. The summed E-state index contributed by atoms with van der Waals surface area (Å²) in [7, 11) is 5.06. The molecule has 0 amide bonds. The van der Waals surface area contributed by atoms with Gasteiger partial charge in [-0.05, 0) is 29.8 Å².